The van der Waals surface area contributed by atoms with Gasteiger partial charge in [0, 0.05) is 31.5 Å². The minimum absolute atomic E-state index is 0.0337. The number of H-pyrrole nitrogens is 1. The molecule has 0 atom stereocenters. The van der Waals surface area contributed by atoms with E-state index in [4.69, 9.17) is 11.6 Å². The highest BCUT2D eigenvalue weighted by molar-refractivity contribution is 6.31. The predicted octanol–water partition coefficient (Wildman–Crippen LogP) is 3.06. The summed E-state index contributed by atoms with van der Waals surface area (Å²) < 4.78 is 13.3. The van der Waals surface area contributed by atoms with Gasteiger partial charge in [0.05, 0.1) is 10.5 Å². The van der Waals surface area contributed by atoms with Gasteiger partial charge in [-0.3, -0.25) is 0 Å². The highest BCUT2D eigenvalue weighted by Crippen LogP contribution is 2.22. The summed E-state index contributed by atoms with van der Waals surface area (Å²) >= 11 is 5.77. The lowest BCUT2D eigenvalue weighted by atomic mass is 10.2. The summed E-state index contributed by atoms with van der Waals surface area (Å²) in [6, 6.07) is 5.79. The first kappa shape index (κ1) is 16.0. The van der Waals surface area contributed by atoms with Crippen LogP contribution in [0.3, 0.4) is 0 Å². The average molecular weight is 349 g/mol. The number of hydrogen-bond donors (Lipinski definition) is 3. The summed E-state index contributed by atoms with van der Waals surface area (Å²) in [5.74, 6) is 0.242. The number of aromatic nitrogens is 3. The quantitative estimate of drug-likeness (QED) is 0.293. The Morgan fingerprint density at radius 1 is 1.38 bits per heavy atom. The molecule has 1 aromatic carbocycles. The van der Waals surface area contributed by atoms with Crippen molar-refractivity contribution >= 4 is 40.2 Å². The third-order valence-electron chi connectivity index (χ3n) is 3.34. The first-order valence-corrected chi connectivity index (χ1v) is 7.34. The molecule has 7 nitrogen and oxygen atoms in total. The second kappa shape index (κ2) is 6.32. The molecule has 24 heavy (non-hydrogen) atoms. The van der Waals surface area contributed by atoms with Gasteiger partial charge in [-0.2, -0.15) is 4.98 Å². The number of nitrogens with zero attached hydrogens (tertiary/aromatic N) is 4. The highest BCUT2D eigenvalue weighted by Gasteiger charge is 2.15. The van der Waals surface area contributed by atoms with Crippen LogP contribution in [0, 0.1) is 5.82 Å². The Balaban J connectivity index is 2.02. The summed E-state index contributed by atoms with van der Waals surface area (Å²) in [5.41, 5.74) is 2.13. The smallest absolute Gasteiger partial charge is 0.204 e. The fourth-order valence-corrected chi connectivity index (χ4v) is 2.35. The molecular weight excluding hydrogens is 335 g/mol. The van der Waals surface area contributed by atoms with E-state index in [-0.39, 0.29) is 10.9 Å². The number of amidine groups is 1. The fraction of sp³-hybridized carbons (Fsp3) is 0.133. The predicted molar refractivity (Wildman–Crippen MR) is 91.6 cm³/mol. The number of fused-ring (bicyclic) bond motifs is 1. The van der Waals surface area contributed by atoms with Crippen molar-refractivity contribution in [1.29, 1.82) is 0 Å². The Labute approximate surface area is 141 Å². The van der Waals surface area contributed by atoms with Crippen molar-refractivity contribution in [3.63, 3.8) is 0 Å². The van der Waals surface area contributed by atoms with Gasteiger partial charge in [0.15, 0.2) is 11.5 Å². The van der Waals surface area contributed by atoms with Crippen LogP contribution in [0.15, 0.2) is 35.6 Å². The first-order valence-electron chi connectivity index (χ1n) is 6.96. The van der Waals surface area contributed by atoms with E-state index in [0.717, 1.165) is 0 Å². The van der Waals surface area contributed by atoms with Crippen LogP contribution in [0.5, 0.6) is 0 Å². The molecule has 0 saturated heterocycles. The van der Waals surface area contributed by atoms with Crippen LogP contribution in [0.1, 0.15) is 5.56 Å². The van der Waals surface area contributed by atoms with Crippen molar-refractivity contribution in [2.75, 3.05) is 24.3 Å². The molecule has 0 radical (unpaired) electrons. The molecule has 0 saturated carbocycles. The largest absolute Gasteiger partial charge is 0.409 e. The van der Waals surface area contributed by atoms with E-state index in [1.165, 1.54) is 18.2 Å². The van der Waals surface area contributed by atoms with Crippen LogP contribution in [0.25, 0.3) is 11.2 Å². The van der Waals surface area contributed by atoms with E-state index >= 15 is 0 Å². The van der Waals surface area contributed by atoms with Gasteiger partial charge in [0.25, 0.3) is 0 Å². The molecule has 0 aliphatic rings. The maximum atomic E-state index is 13.3. The maximum Gasteiger partial charge on any atom is 0.204 e. The molecule has 0 amide bonds. The van der Waals surface area contributed by atoms with Gasteiger partial charge in [-0.25, -0.2) is 9.37 Å². The van der Waals surface area contributed by atoms with Crippen LogP contribution < -0.4 is 10.2 Å². The van der Waals surface area contributed by atoms with Crippen molar-refractivity contribution in [2.24, 2.45) is 5.16 Å². The molecular formula is C15H14ClFN6O. The van der Waals surface area contributed by atoms with Crippen molar-refractivity contribution < 1.29 is 9.60 Å². The van der Waals surface area contributed by atoms with E-state index in [2.05, 4.69) is 25.4 Å². The van der Waals surface area contributed by atoms with Crippen LogP contribution in [-0.4, -0.2) is 40.1 Å². The molecule has 3 aromatic rings. The molecule has 3 N–H and O–H groups in total. The monoisotopic (exact) mass is 348 g/mol. The number of halogens is 2. The SMILES string of the molecule is CN(C)c1nc2nccc(/C(=N/O)Nc3ccc(F)c(Cl)c3)c2[nH]1. The summed E-state index contributed by atoms with van der Waals surface area (Å²) in [6.07, 6.45) is 1.56. The number of benzene rings is 1. The van der Waals surface area contributed by atoms with Gasteiger partial charge < -0.3 is 20.4 Å². The molecule has 0 aliphatic heterocycles. The molecule has 124 valence electrons. The Morgan fingerprint density at radius 2 is 2.17 bits per heavy atom. The number of aromatic amines is 1. The molecule has 0 aliphatic carbocycles. The minimum Gasteiger partial charge on any atom is -0.409 e. The number of hydrogen-bond acceptors (Lipinski definition) is 5. The van der Waals surface area contributed by atoms with Crippen LogP contribution in [0.2, 0.25) is 5.02 Å². The van der Waals surface area contributed by atoms with Gasteiger partial charge in [0.1, 0.15) is 5.82 Å². The summed E-state index contributed by atoms with van der Waals surface area (Å²) in [4.78, 5) is 13.5. The molecule has 0 fully saturated rings. The van der Waals surface area contributed by atoms with E-state index in [1.54, 1.807) is 17.2 Å². The number of nitrogens with one attached hydrogen (secondary N) is 2. The van der Waals surface area contributed by atoms with Gasteiger partial charge in [-0.15, -0.1) is 0 Å². The summed E-state index contributed by atoms with van der Waals surface area (Å²) in [5, 5.41) is 15.6. The zero-order chi connectivity index (χ0) is 17.3. The van der Waals surface area contributed by atoms with Gasteiger partial charge >= 0.3 is 0 Å². The number of pyridine rings is 1. The van der Waals surface area contributed by atoms with Gasteiger partial charge in [0.2, 0.25) is 5.95 Å². The lowest BCUT2D eigenvalue weighted by Gasteiger charge is -2.10. The molecule has 2 heterocycles. The number of imidazole rings is 1. The normalized spacial score (nSPS) is 11.8. The van der Waals surface area contributed by atoms with E-state index in [0.29, 0.717) is 28.4 Å². The topological polar surface area (TPSA) is 89.4 Å². The molecule has 9 heteroatoms. The number of oxime groups is 1. The van der Waals surface area contributed by atoms with Gasteiger partial charge in [-0.05, 0) is 24.3 Å². The molecule has 2 aromatic heterocycles. The van der Waals surface area contributed by atoms with E-state index in [9.17, 15) is 9.60 Å². The summed E-state index contributed by atoms with van der Waals surface area (Å²) in [6.45, 7) is 0. The van der Waals surface area contributed by atoms with E-state index in [1.807, 2.05) is 14.1 Å². The minimum atomic E-state index is -0.528. The lowest BCUT2D eigenvalue weighted by Crippen LogP contribution is -2.14. The summed E-state index contributed by atoms with van der Waals surface area (Å²) in [7, 11) is 3.69. The zero-order valence-corrected chi connectivity index (χ0v) is 13.6. The van der Waals surface area contributed by atoms with Crippen molar-refractivity contribution in [2.45, 2.75) is 0 Å². The van der Waals surface area contributed by atoms with Crippen LogP contribution in [-0.2, 0) is 0 Å². The Kier molecular flexibility index (Phi) is 4.22. The van der Waals surface area contributed by atoms with Crippen molar-refractivity contribution in [3.05, 3.63) is 46.9 Å². The lowest BCUT2D eigenvalue weighted by molar-refractivity contribution is 0.319. The second-order valence-corrected chi connectivity index (χ2v) is 5.62. The second-order valence-electron chi connectivity index (χ2n) is 5.21. The molecule has 0 spiro atoms. The zero-order valence-electron chi connectivity index (χ0n) is 12.9. The molecule has 0 bridgehead atoms. The van der Waals surface area contributed by atoms with Crippen molar-refractivity contribution in [1.82, 2.24) is 15.0 Å². The van der Waals surface area contributed by atoms with Crippen LogP contribution >= 0.6 is 11.6 Å². The Hall–Kier alpha value is -2.87. The molecule has 3 rings (SSSR count). The third-order valence-corrected chi connectivity index (χ3v) is 3.63. The Morgan fingerprint density at radius 3 is 2.83 bits per heavy atom. The molecule has 0 unspecified atom stereocenters. The number of anilines is 2. The third kappa shape index (κ3) is 2.95. The maximum absolute atomic E-state index is 13.3. The Bertz CT molecular complexity index is 923. The fourth-order valence-electron chi connectivity index (χ4n) is 2.16. The van der Waals surface area contributed by atoms with Gasteiger partial charge in [-0.1, -0.05) is 16.8 Å². The number of rotatable bonds is 3. The highest BCUT2D eigenvalue weighted by atomic mass is 35.5. The van der Waals surface area contributed by atoms with Crippen LogP contribution in [0.4, 0.5) is 16.0 Å². The first-order chi connectivity index (χ1) is 11.5. The average Bonchev–Trinajstić information content (AvgIpc) is 3.00. The van der Waals surface area contributed by atoms with E-state index < -0.39 is 5.82 Å². The van der Waals surface area contributed by atoms with Crippen molar-refractivity contribution in [3.8, 4) is 0 Å². The standard InChI is InChI=1S/C15H14ClFN6O/c1-23(2)15-20-12-9(5-6-18-14(12)21-15)13(22-24)19-8-3-4-11(17)10(16)7-8/h3-7,24H,1-2H3,(H,19,22)(H,18,20,21).